The molecule has 0 aliphatic rings. The number of carbonyl (C=O) groups excluding carboxylic acids is 1. The summed E-state index contributed by atoms with van der Waals surface area (Å²) in [6, 6.07) is 18.0. The Hall–Kier alpha value is -2.93. The van der Waals surface area contributed by atoms with Gasteiger partial charge in [0.2, 0.25) is 0 Å². The molecule has 0 aliphatic heterocycles. The van der Waals surface area contributed by atoms with Gasteiger partial charge in [0.15, 0.2) is 0 Å². The van der Waals surface area contributed by atoms with Crippen LogP contribution in [0.1, 0.15) is 23.6 Å². The lowest BCUT2D eigenvalue weighted by Crippen LogP contribution is -1.76. The molecule has 0 unspecified atom stereocenters. The minimum absolute atomic E-state index is 0.574. The molecule has 0 heterocycles. The van der Waals surface area contributed by atoms with Gasteiger partial charge in [-0.2, -0.15) is 0 Å². The van der Waals surface area contributed by atoms with Gasteiger partial charge in [-0.15, -0.1) is 0 Å². The average Bonchev–Trinajstić information content (AvgIpc) is 2.63. The normalized spacial score (nSPS) is 8.22. The van der Waals surface area contributed by atoms with E-state index in [9.17, 15) is 4.79 Å². The van der Waals surface area contributed by atoms with Crippen molar-refractivity contribution in [2.24, 2.45) is 0 Å². The van der Waals surface area contributed by atoms with Crippen LogP contribution >= 0.6 is 0 Å². The SMILES string of the molecule is C=C(C)C=O.C=Cc1ccccc1.C=Cc1ccccc1C=C. The van der Waals surface area contributed by atoms with E-state index in [4.69, 9.17) is 0 Å². The predicted molar refractivity (Wildman–Crippen MR) is 104 cm³/mol. The molecule has 1 nitrogen and oxygen atoms in total. The molecular formula is C22H24O. The van der Waals surface area contributed by atoms with Crippen LogP contribution in [-0.4, -0.2) is 6.29 Å². The Morgan fingerprint density at radius 2 is 1.17 bits per heavy atom. The van der Waals surface area contributed by atoms with E-state index in [0.29, 0.717) is 5.57 Å². The van der Waals surface area contributed by atoms with Crippen LogP contribution in [0.15, 0.2) is 86.5 Å². The highest BCUT2D eigenvalue weighted by Gasteiger charge is 1.89. The summed E-state index contributed by atoms with van der Waals surface area (Å²) in [7, 11) is 0. The first-order valence-electron chi connectivity index (χ1n) is 7.21. The number of hydrogen-bond acceptors (Lipinski definition) is 1. The molecule has 2 aromatic rings. The molecule has 0 radical (unpaired) electrons. The van der Waals surface area contributed by atoms with Crippen molar-refractivity contribution in [1.82, 2.24) is 0 Å². The molecule has 0 saturated heterocycles. The second-order valence-corrected chi connectivity index (χ2v) is 4.62. The Morgan fingerprint density at radius 3 is 1.43 bits per heavy atom. The molecule has 0 N–H and O–H groups in total. The first kappa shape index (κ1) is 20.1. The first-order valence-corrected chi connectivity index (χ1v) is 7.21. The van der Waals surface area contributed by atoms with Crippen LogP contribution in [0.2, 0.25) is 0 Å². The number of allylic oxidation sites excluding steroid dienone is 1. The Balaban J connectivity index is 0.000000335. The predicted octanol–water partition coefficient (Wildman–Crippen LogP) is 6.06. The Bertz CT molecular complexity index is 609. The minimum Gasteiger partial charge on any atom is -0.298 e. The van der Waals surface area contributed by atoms with Crippen molar-refractivity contribution in [2.75, 3.05) is 0 Å². The van der Waals surface area contributed by atoms with Gasteiger partial charge in [-0.3, -0.25) is 4.79 Å². The number of carbonyl (C=O) groups is 1. The van der Waals surface area contributed by atoms with E-state index < -0.39 is 0 Å². The lowest BCUT2D eigenvalue weighted by atomic mass is 10.1. The monoisotopic (exact) mass is 304 g/mol. The van der Waals surface area contributed by atoms with Gasteiger partial charge in [0, 0.05) is 0 Å². The number of rotatable bonds is 4. The van der Waals surface area contributed by atoms with Crippen LogP contribution in [0.4, 0.5) is 0 Å². The van der Waals surface area contributed by atoms with Gasteiger partial charge < -0.3 is 0 Å². The maximum absolute atomic E-state index is 9.41. The fourth-order valence-corrected chi connectivity index (χ4v) is 1.47. The highest BCUT2D eigenvalue weighted by Crippen LogP contribution is 2.10. The van der Waals surface area contributed by atoms with Gasteiger partial charge in [-0.05, 0) is 29.2 Å². The molecule has 0 amide bonds. The summed E-state index contributed by atoms with van der Waals surface area (Å²) in [5.41, 5.74) is 4.02. The van der Waals surface area contributed by atoms with E-state index in [0.717, 1.165) is 17.4 Å². The minimum atomic E-state index is 0.574. The summed E-state index contributed by atoms with van der Waals surface area (Å²) in [5.74, 6) is 0. The molecule has 0 aromatic heterocycles. The van der Waals surface area contributed by atoms with E-state index in [2.05, 4.69) is 26.3 Å². The topological polar surface area (TPSA) is 17.1 Å². The third kappa shape index (κ3) is 9.59. The highest BCUT2D eigenvalue weighted by molar-refractivity contribution is 5.70. The molecule has 0 aliphatic carbocycles. The van der Waals surface area contributed by atoms with Gasteiger partial charge in [-0.1, -0.05) is 99.1 Å². The van der Waals surface area contributed by atoms with Crippen molar-refractivity contribution in [1.29, 1.82) is 0 Å². The third-order valence-corrected chi connectivity index (χ3v) is 2.67. The van der Waals surface area contributed by atoms with Crippen molar-refractivity contribution < 1.29 is 4.79 Å². The fraction of sp³-hybridized carbons (Fsp3) is 0.0455. The zero-order valence-corrected chi connectivity index (χ0v) is 13.7. The summed E-state index contributed by atoms with van der Waals surface area (Å²) in [5, 5.41) is 0. The van der Waals surface area contributed by atoms with Gasteiger partial charge in [-0.25, -0.2) is 0 Å². The third-order valence-electron chi connectivity index (χ3n) is 2.67. The van der Waals surface area contributed by atoms with Crippen LogP contribution in [0.5, 0.6) is 0 Å². The number of benzene rings is 2. The zero-order chi connectivity index (χ0) is 17.5. The van der Waals surface area contributed by atoms with E-state index in [1.807, 2.05) is 72.8 Å². The standard InChI is InChI=1S/C10H10.C8H8.C4H6O/c1-3-9-7-5-6-8-10(9)4-2;1-2-8-6-4-3-5-7-8;1-4(2)3-5/h3-8H,1-2H2;2-7H,1H2;3H,1H2,2H3. The lowest BCUT2D eigenvalue weighted by Gasteiger charge is -1.96. The van der Waals surface area contributed by atoms with Gasteiger partial charge in [0.1, 0.15) is 6.29 Å². The summed E-state index contributed by atoms with van der Waals surface area (Å²) in [6.07, 6.45) is 6.22. The summed E-state index contributed by atoms with van der Waals surface area (Å²) >= 11 is 0. The molecule has 0 spiro atoms. The van der Waals surface area contributed by atoms with E-state index in [-0.39, 0.29) is 0 Å². The van der Waals surface area contributed by atoms with Crippen LogP contribution in [0, 0.1) is 0 Å². The largest absolute Gasteiger partial charge is 0.298 e. The molecule has 0 saturated carbocycles. The van der Waals surface area contributed by atoms with E-state index in [1.165, 1.54) is 5.56 Å². The first-order chi connectivity index (χ1) is 11.1. The maximum atomic E-state index is 9.41. The lowest BCUT2D eigenvalue weighted by molar-refractivity contribution is -0.104. The van der Waals surface area contributed by atoms with Gasteiger partial charge in [0.05, 0.1) is 0 Å². The van der Waals surface area contributed by atoms with Gasteiger partial charge in [0.25, 0.3) is 0 Å². The molecule has 2 aromatic carbocycles. The van der Waals surface area contributed by atoms with Crippen molar-refractivity contribution >= 4 is 24.5 Å². The van der Waals surface area contributed by atoms with Crippen molar-refractivity contribution in [2.45, 2.75) is 6.92 Å². The molecule has 0 fully saturated rings. The zero-order valence-electron chi connectivity index (χ0n) is 13.7. The van der Waals surface area contributed by atoms with Crippen molar-refractivity contribution in [3.05, 3.63) is 103 Å². The average molecular weight is 304 g/mol. The molecule has 0 atom stereocenters. The van der Waals surface area contributed by atoms with Crippen LogP contribution in [-0.2, 0) is 4.79 Å². The van der Waals surface area contributed by atoms with Crippen LogP contribution in [0.25, 0.3) is 18.2 Å². The van der Waals surface area contributed by atoms with Crippen molar-refractivity contribution in [3.8, 4) is 0 Å². The fourth-order valence-electron chi connectivity index (χ4n) is 1.47. The highest BCUT2D eigenvalue weighted by atomic mass is 16.1. The van der Waals surface area contributed by atoms with E-state index >= 15 is 0 Å². The molecular weight excluding hydrogens is 280 g/mol. The van der Waals surface area contributed by atoms with Crippen LogP contribution in [0.3, 0.4) is 0 Å². The van der Waals surface area contributed by atoms with Crippen molar-refractivity contribution in [3.63, 3.8) is 0 Å². The molecule has 2 rings (SSSR count). The maximum Gasteiger partial charge on any atom is 0.145 e. The smallest absolute Gasteiger partial charge is 0.145 e. The number of aldehydes is 1. The van der Waals surface area contributed by atoms with Crippen LogP contribution < -0.4 is 0 Å². The van der Waals surface area contributed by atoms with E-state index in [1.54, 1.807) is 6.92 Å². The second-order valence-electron chi connectivity index (χ2n) is 4.62. The summed E-state index contributed by atoms with van der Waals surface area (Å²) in [6.45, 7) is 16.0. The summed E-state index contributed by atoms with van der Waals surface area (Å²) < 4.78 is 0. The Morgan fingerprint density at radius 1 is 0.783 bits per heavy atom. The Labute approximate surface area is 140 Å². The van der Waals surface area contributed by atoms with Gasteiger partial charge >= 0.3 is 0 Å². The second kappa shape index (κ2) is 12.8. The summed E-state index contributed by atoms with van der Waals surface area (Å²) in [4.78, 5) is 9.41. The Kier molecular flexibility index (Phi) is 11.2. The molecule has 0 bridgehead atoms. The molecule has 23 heavy (non-hydrogen) atoms. The quantitative estimate of drug-likeness (QED) is 0.495. The molecule has 1 heteroatoms. The number of hydrogen-bond donors (Lipinski definition) is 0. The molecule has 118 valence electrons.